The van der Waals surface area contributed by atoms with Gasteiger partial charge in [0.25, 0.3) is 0 Å². The molecule has 0 fully saturated rings. The van der Waals surface area contributed by atoms with Crippen molar-refractivity contribution in [3.8, 4) is 11.1 Å². The van der Waals surface area contributed by atoms with Gasteiger partial charge in [0.15, 0.2) is 11.2 Å². The van der Waals surface area contributed by atoms with E-state index in [0.29, 0.717) is 12.2 Å². The zero-order valence-corrected chi connectivity index (χ0v) is 15.8. The fourth-order valence-electron chi connectivity index (χ4n) is 3.10. The first-order chi connectivity index (χ1) is 14.2. The molecule has 0 unspecified atom stereocenters. The number of carbonyl (C=O) groups is 1. The van der Waals surface area contributed by atoms with Gasteiger partial charge < -0.3 is 9.30 Å². The molecule has 0 radical (unpaired) electrons. The van der Waals surface area contributed by atoms with E-state index in [0.717, 1.165) is 16.7 Å². The van der Waals surface area contributed by atoms with Crippen LogP contribution in [0, 0.1) is 12.1 Å². The molecule has 6 nitrogen and oxygen atoms in total. The Bertz CT molecular complexity index is 1220. The largest absolute Gasteiger partial charge is 0.462 e. The fraction of sp³-hybridized carbons (Fsp3) is 0.130. The summed E-state index contributed by atoms with van der Waals surface area (Å²) in [6.07, 6.45) is 4.45. The van der Waals surface area contributed by atoms with E-state index >= 15 is 0 Å². The van der Waals surface area contributed by atoms with Gasteiger partial charge in [0, 0.05) is 25.1 Å². The van der Waals surface area contributed by atoms with Crippen LogP contribution in [0.4, 0.5) is 0 Å². The second-order valence-corrected chi connectivity index (χ2v) is 6.37. The smallest absolute Gasteiger partial charge is 0.343 e. The molecular formula is C23H17N3O3. The van der Waals surface area contributed by atoms with Crippen molar-refractivity contribution >= 4 is 17.1 Å². The highest BCUT2D eigenvalue weighted by atomic mass is 16.5. The summed E-state index contributed by atoms with van der Waals surface area (Å²) in [6.45, 7) is 2.31. The van der Waals surface area contributed by atoms with E-state index in [9.17, 15) is 9.59 Å². The lowest BCUT2D eigenvalue weighted by atomic mass is 10.0. The first-order valence-corrected chi connectivity index (χ1v) is 9.15. The normalized spacial score (nSPS) is 10.5. The number of hydrogen-bond donors (Lipinski definition) is 0. The molecule has 2 aromatic heterocycles. The third kappa shape index (κ3) is 3.71. The number of hydrogen-bond acceptors (Lipinski definition) is 5. The van der Waals surface area contributed by atoms with Gasteiger partial charge >= 0.3 is 5.97 Å². The van der Waals surface area contributed by atoms with Crippen molar-refractivity contribution in [2.45, 2.75) is 13.5 Å². The van der Waals surface area contributed by atoms with Crippen LogP contribution in [0.25, 0.3) is 22.3 Å². The molecule has 0 spiro atoms. The van der Waals surface area contributed by atoms with E-state index in [1.807, 2.05) is 42.5 Å². The lowest BCUT2D eigenvalue weighted by Gasteiger charge is -2.12. The van der Waals surface area contributed by atoms with Crippen molar-refractivity contribution in [3.05, 3.63) is 94.5 Å². The van der Waals surface area contributed by atoms with E-state index < -0.39 is 11.4 Å². The summed E-state index contributed by atoms with van der Waals surface area (Å²) in [4.78, 5) is 33.3. The molecule has 0 saturated heterocycles. The van der Waals surface area contributed by atoms with Crippen LogP contribution in [0.3, 0.4) is 0 Å². The van der Waals surface area contributed by atoms with Gasteiger partial charge in [-0.15, -0.1) is 0 Å². The number of carbonyl (C=O) groups excluding carboxylic acids is 1. The van der Waals surface area contributed by atoms with Crippen molar-refractivity contribution in [1.29, 1.82) is 0 Å². The molecule has 4 rings (SSSR count). The quantitative estimate of drug-likeness (QED) is 0.495. The number of fused-ring (bicyclic) bond motifs is 1. The van der Waals surface area contributed by atoms with Gasteiger partial charge in [-0.25, -0.2) is 14.8 Å². The first kappa shape index (κ1) is 18.4. The molecule has 2 heterocycles. The third-order valence-electron chi connectivity index (χ3n) is 4.49. The molecule has 0 saturated carbocycles. The second-order valence-electron chi connectivity index (χ2n) is 6.37. The number of benzene rings is 1. The van der Waals surface area contributed by atoms with Gasteiger partial charge in [0.2, 0.25) is 5.43 Å². The van der Waals surface area contributed by atoms with E-state index in [1.165, 1.54) is 18.6 Å². The Morgan fingerprint density at radius 1 is 1.07 bits per heavy atom. The van der Waals surface area contributed by atoms with Crippen molar-refractivity contribution in [1.82, 2.24) is 14.5 Å². The van der Waals surface area contributed by atoms with Crippen LogP contribution < -0.4 is 5.43 Å². The van der Waals surface area contributed by atoms with Crippen LogP contribution >= 0.6 is 0 Å². The van der Waals surface area contributed by atoms with Crippen LogP contribution in [0.2, 0.25) is 0 Å². The van der Waals surface area contributed by atoms with Crippen LogP contribution in [0.15, 0.2) is 65.8 Å². The Kier molecular flexibility index (Phi) is 5.04. The zero-order valence-electron chi connectivity index (χ0n) is 15.8. The second kappa shape index (κ2) is 7.95. The van der Waals surface area contributed by atoms with Gasteiger partial charge in [-0.2, -0.15) is 0 Å². The zero-order chi connectivity index (χ0) is 20.2. The number of pyridine rings is 1. The summed E-state index contributed by atoms with van der Waals surface area (Å²) in [5, 5.41) is 0. The number of aromatic nitrogens is 3. The first-order valence-electron chi connectivity index (χ1n) is 9.15. The topological polar surface area (TPSA) is 74.1 Å². The molecule has 0 aliphatic rings. The maximum absolute atomic E-state index is 12.6. The molecule has 0 aliphatic carbocycles. The number of esters is 1. The molecule has 0 bridgehead atoms. The summed E-state index contributed by atoms with van der Waals surface area (Å²) >= 11 is 0. The van der Waals surface area contributed by atoms with Crippen LogP contribution in [0.1, 0.15) is 22.8 Å². The third-order valence-corrected chi connectivity index (χ3v) is 4.49. The Hall–Kier alpha value is -3.98. The van der Waals surface area contributed by atoms with E-state index in [4.69, 9.17) is 4.74 Å². The van der Waals surface area contributed by atoms with E-state index in [1.54, 1.807) is 11.5 Å². The number of rotatable bonds is 5. The predicted octanol–water partition coefficient (Wildman–Crippen LogP) is 3.28. The molecule has 0 N–H and O–H groups in total. The van der Waals surface area contributed by atoms with E-state index in [-0.39, 0.29) is 17.7 Å². The summed E-state index contributed by atoms with van der Waals surface area (Å²) in [6, 6.07) is 19.5. The summed E-state index contributed by atoms with van der Waals surface area (Å²) in [5.74, 6) is -0.661. The molecule has 29 heavy (non-hydrogen) atoms. The average Bonchev–Trinajstić information content (AvgIpc) is 2.77. The Morgan fingerprint density at radius 2 is 1.86 bits per heavy atom. The highest BCUT2D eigenvalue weighted by Gasteiger charge is 2.18. The minimum atomic E-state index is -0.661. The summed E-state index contributed by atoms with van der Waals surface area (Å²) in [7, 11) is 0. The van der Waals surface area contributed by atoms with Gasteiger partial charge in [0.1, 0.15) is 5.56 Å². The maximum atomic E-state index is 12.6. The predicted molar refractivity (Wildman–Crippen MR) is 108 cm³/mol. The maximum Gasteiger partial charge on any atom is 0.343 e. The lowest BCUT2D eigenvalue weighted by molar-refractivity contribution is 0.0524. The number of ether oxygens (including phenoxy) is 1. The van der Waals surface area contributed by atoms with Crippen LogP contribution in [-0.2, 0) is 11.3 Å². The van der Waals surface area contributed by atoms with Crippen LogP contribution in [0.5, 0.6) is 0 Å². The molecular weight excluding hydrogens is 366 g/mol. The minimum Gasteiger partial charge on any atom is -0.462 e. The molecule has 0 aliphatic heterocycles. The van der Waals surface area contributed by atoms with Crippen molar-refractivity contribution in [3.63, 3.8) is 0 Å². The van der Waals surface area contributed by atoms with E-state index in [2.05, 4.69) is 22.1 Å². The average molecular weight is 383 g/mol. The van der Waals surface area contributed by atoms with Gasteiger partial charge in [-0.05, 0) is 41.8 Å². The lowest BCUT2D eigenvalue weighted by Crippen LogP contribution is -2.22. The fourth-order valence-corrected chi connectivity index (χ4v) is 3.10. The summed E-state index contributed by atoms with van der Waals surface area (Å²) in [5.41, 5.74) is 3.15. The highest BCUT2D eigenvalue weighted by Crippen LogP contribution is 2.19. The Balaban J connectivity index is 1.73. The molecule has 6 heteroatoms. The molecule has 0 atom stereocenters. The molecule has 4 aromatic rings. The van der Waals surface area contributed by atoms with Gasteiger partial charge in [0.05, 0.1) is 6.61 Å². The van der Waals surface area contributed by atoms with Crippen molar-refractivity contribution in [2.24, 2.45) is 0 Å². The van der Waals surface area contributed by atoms with Gasteiger partial charge in [-0.1, -0.05) is 36.4 Å². The van der Waals surface area contributed by atoms with Crippen molar-refractivity contribution < 1.29 is 9.53 Å². The molecule has 2 aromatic carbocycles. The molecule has 0 amide bonds. The monoisotopic (exact) mass is 383 g/mol. The molecule has 142 valence electrons. The Morgan fingerprint density at radius 3 is 2.59 bits per heavy atom. The van der Waals surface area contributed by atoms with Crippen molar-refractivity contribution in [2.75, 3.05) is 6.61 Å². The Labute approximate surface area is 167 Å². The minimum absolute atomic E-state index is 0.0486. The van der Waals surface area contributed by atoms with Crippen LogP contribution in [-0.4, -0.2) is 27.1 Å². The number of nitrogens with zero attached hydrogens (tertiary/aromatic N) is 3. The SMILES string of the molecule is CCOC(=O)c1cn(Cc2ccc(-c3cc#ccc3)cc2)c2nccnc2c1=O. The summed E-state index contributed by atoms with van der Waals surface area (Å²) < 4.78 is 6.77. The van der Waals surface area contributed by atoms with Gasteiger partial charge in [-0.3, -0.25) is 4.79 Å². The standard InChI is InChI=1S/C23H17N3O3/c1-2-29-23(28)19-15-26(22-20(21(19)27)24-12-13-25-22)14-16-8-10-18(11-9-16)17-6-4-3-5-7-17/h4,6-13,15H,2,14H2,1H3. The highest BCUT2D eigenvalue weighted by molar-refractivity contribution is 5.92.